The van der Waals surface area contributed by atoms with Gasteiger partial charge >= 0.3 is 11.9 Å². The monoisotopic (exact) mass is 366 g/mol. The van der Waals surface area contributed by atoms with Gasteiger partial charge in [0.05, 0.1) is 0 Å². The van der Waals surface area contributed by atoms with Gasteiger partial charge in [-0.2, -0.15) is 0 Å². The van der Waals surface area contributed by atoms with Gasteiger partial charge in [0.2, 0.25) is 0 Å². The molecule has 0 unspecified atom stereocenters. The number of carbonyl (C=O) groups excluding carboxylic acids is 2. The summed E-state index contributed by atoms with van der Waals surface area (Å²) in [7, 11) is 0. The summed E-state index contributed by atoms with van der Waals surface area (Å²) >= 11 is 0. The molecular formula is C22H22O5. The molecule has 0 bridgehead atoms. The second kappa shape index (κ2) is 10.6. The topological polar surface area (TPSA) is 61.8 Å². The van der Waals surface area contributed by atoms with Crippen LogP contribution in [0.2, 0.25) is 0 Å². The van der Waals surface area contributed by atoms with Crippen LogP contribution in [-0.4, -0.2) is 25.2 Å². The number of esters is 2. The summed E-state index contributed by atoms with van der Waals surface area (Å²) in [6.07, 6.45) is 3.05. The fraction of sp³-hybridized carbons (Fsp3) is 0.182. The lowest BCUT2D eigenvalue weighted by molar-refractivity contribution is -0.139. The van der Waals surface area contributed by atoms with Gasteiger partial charge in [0.1, 0.15) is 25.6 Å². The maximum atomic E-state index is 11.1. The van der Waals surface area contributed by atoms with E-state index < -0.39 is 11.9 Å². The highest BCUT2D eigenvalue weighted by molar-refractivity contribution is 5.81. The van der Waals surface area contributed by atoms with Crippen LogP contribution in [0, 0.1) is 0 Å². The van der Waals surface area contributed by atoms with Crippen molar-refractivity contribution in [2.24, 2.45) is 0 Å². The van der Waals surface area contributed by atoms with Crippen molar-refractivity contribution in [2.45, 2.75) is 13.0 Å². The van der Waals surface area contributed by atoms with E-state index in [4.69, 9.17) is 14.2 Å². The highest BCUT2D eigenvalue weighted by Gasteiger charge is 2.02. The van der Waals surface area contributed by atoms with Crippen LogP contribution < -0.4 is 4.74 Å². The molecule has 0 heterocycles. The first kappa shape index (κ1) is 20.0. The summed E-state index contributed by atoms with van der Waals surface area (Å²) in [6, 6.07) is 15.6. The van der Waals surface area contributed by atoms with Crippen LogP contribution in [0.1, 0.15) is 16.7 Å². The fourth-order valence-electron chi connectivity index (χ4n) is 2.27. The van der Waals surface area contributed by atoms with Gasteiger partial charge in [-0.15, -0.1) is 0 Å². The average molecular weight is 366 g/mol. The third-order valence-electron chi connectivity index (χ3n) is 3.67. The Hall–Kier alpha value is -3.34. The molecule has 2 aromatic carbocycles. The number of hydrogen-bond acceptors (Lipinski definition) is 5. The van der Waals surface area contributed by atoms with E-state index in [2.05, 4.69) is 13.2 Å². The Labute approximate surface area is 158 Å². The van der Waals surface area contributed by atoms with Crippen molar-refractivity contribution in [3.05, 3.63) is 90.5 Å². The van der Waals surface area contributed by atoms with Gasteiger partial charge in [0, 0.05) is 12.2 Å². The summed E-state index contributed by atoms with van der Waals surface area (Å²) in [5, 5.41) is 0. The molecule has 0 aliphatic carbocycles. The lowest BCUT2D eigenvalue weighted by atomic mass is 10.0. The number of rotatable bonds is 10. The van der Waals surface area contributed by atoms with E-state index in [-0.39, 0.29) is 19.8 Å². The zero-order chi connectivity index (χ0) is 19.5. The van der Waals surface area contributed by atoms with E-state index in [0.717, 1.165) is 35.3 Å². The van der Waals surface area contributed by atoms with Crippen LogP contribution in [0.4, 0.5) is 0 Å². The minimum atomic E-state index is -0.459. The standard InChI is InChI=1S/C22H22O5/c1-3-21(23)26-14-13-25-20-11-9-18(10-12-20)15-17-5-7-19(8-6-17)16-27-22(24)4-2/h3-12H,1-2,13-16H2. The van der Waals surface area contributed by atoms with E-state index in [1.165, 1.54) is 0 Å². The molecule has 0 aliphatic heterocycles. The molecule has 140 valence electrons. The molecule has 0 fully saturated rings. The number of hydrogen-bond donors (Lipinski definition) is 0. The molecule has 0 saturated heterocycles. The second-order valence-electron chi connectivity index (χ2n) is 5.67. The van der Waals surface area contributed by atoms with Crippen molar-refractivity contribution in [1.29, 1.82) is 0 Å². The van der Waals surface area contributed by atoms with Crippen LogP contribution in [-0.2, 0) is 32.1 Å². The normalized spacial score (nSPS) is 9.93. The van der Waals surface area contributed by atoms with Gasteiger partial charge in [-0.05, 0) is 35.2 Å². The SMILES string of the molecule is C=CC(=O)OCCOc1ccc(Cc2ccc(COC(=O)C=C)cc2)cc1. The molecule has 0 aliphatic rings. The Morgan fingerprint density at radius 1 is 0.741 bits per heavy atom. The van der Waals surface area contributed by atoms with E-state index in [9.17, 15) is 9.59 Å². The Balaban J connectivity index is 1.80. The second-order valence-corrected chi connectivity index (χ2v) is 5.67. The van der Waals surface area contributed by atoms with Gasteiger partial charge < -0.3 is 14.2 Å². The zero-order valence-corrected chi connectivity index (χ0v) is 15.1. The van der Waals surface area contributed by atoms with Crippen LogP contribution in [0.5, 0.6) is 5.75 Å². The van der Waals surface area contributed by atoms with Crippen molar-refractivity contribution >= 4 is 11.9 Å². The summed E-state index contributed by atoms with van der Waals surface area (Å²) in [5.74, 6) is -0.174. The van der Waals surface area contributed by atoms with E-state index in [0.29, 0.717) is 5.75 Å². The Bertz CT molecular complexity index is 775. The minimum Gasteiger partial charge on any atom is -0.490 e. The molecule has 2 aromatic rings. The van der Waals surface area contributed by atoms with Gasteiger partial charge in [-0.25, -0.2) is 9.59 Å². The quantitative estimate of drug-likeness (QED) is 0.365. The maximum Gasteiger partial charge on any atom is 0.330 e. The summed E-state index contributed by atoms with van der Waals surface area (Å²) < 4.78 is 15.4. The molecule has 0 atom stereocenters. The Morgan fingerprint density at radius 3 is 1.85 bits per heavy atom. The third-order valence-corrected chi connectivity index (χ3v) is 3.67. The van der Waals surface area contributed by atoms with Crippen molar-refractivity contribution in [1.82, 2.24) is 0 Å². The molecule has 0 saturated carbocycles. The first-order valence-corrected chi connectivity index (χ1v) is 8.48. The molecule has 5 heteroatoms. The first-order chi connectivity index (χ1) is 13.1. The molecule has 0 aromatic heterocycles. The van der Waals surface area contributed by atoms with Gasteiger partial charge in [-0.1, -0.05) is 49.6 Å². The van der Waals surface area contributed by atoms with Crippen LogP contribution >= 0.6 is 0 Å². The molecule has 5 nitrogen and oxygen atoms in total. The fourth-order valence-corrected chi connectivity index (χ4v) is 2.27. The van der Waals surface area contributed by atoms with Crippen molar-refractivity contribution in [2.75, 3.05) is 13.2 Å². The van der Waals surface area contributed by atoms with Crippen LogP contribution in [0.3, 0.4) is 0 Å². The predicted molar refractivity (Wildman–Crippen MR) is 102 cm³/mol. The lowest BCUT2D eigenvalue weighted by Gasteiger charge is -2.08. The molecule has 0 N–H and O–H groups in total. The predicted octanol–water partition coefficient (Wildman–Crippen LogP) is 3.61. The van der Waals surface area contributed by atoms with E-state index >= 15 is 0 Å². The van der Waals surface area contributed by atoms with Gasteiger partial charge in [0.15, 0.2) is 0 Å². The van der Waals surface area contributed by atoms with Gasteiger partial charge in [-0.3, -0.25) is 0 Å². The van der Waals surface area contributed by atoms with E-state index in [1.807, 2.05) is 48.5 Å². The first-order valence-electron chi connectivity index (χ1n) is 8.48. The van der Waals surface area contributed by atoms with Crippen molar-refractivity contribution < 1.29 is 23.8 Å². The Morgan fingerprint density at radius 2 is 1.26 bits per heavy atom. The van der Waals surface area contributed by atoms with Gasteiger partial charge in [0.25, 0.3) is 0 Å². The largest absolute Gasteiger partial charge is 0.490 e. The highest BCUT2D eigenvalue weighted by Crippen LogP contribution is 2.16. The number of ether oxygens (including phenoxy) is 3. The molecular weight excluding hydrogens is 344 g/mol. The molecule has 0 radical (unpaired) electrons. The molecule has 27 heavy (non-hydrogen) atoms. The highest BCUT2D eigenvalue weighted by atomic mass is 16.6. The smallest absolute Gasteiger partial charge is 0.330 e. The third kappa shape index (κ3) is 7.20. The molecule has 2 rings (SSSR count). The maximum absolute atomic E-state index is 11.1. The van der Waals surface area contributed by atoms with Crippen LogP contribution in [0.15, 0.2) is 73.8 Å². The minimum absolute atomic E-state index is 0.182. The molecule has 0 spiro atoms. The molecule has 0 amide bonds. The Kier molecular flexibility index (Phi) is 7.85. The summed E-state index contributed by atoms with van der Waals surface area (Å²) in [5.41, 5.74) is 3.22. The summed E-state index contributed by atoms with van der Waals surface area (Å²) in [6.45, 7) is 7.40. The zero-order valence-electron chi connectivity index (χ0n) is 15.1. The lowest BCUT2D eigenvalue weighted by Crippen LogP contribution is -2.10. The number of benzene rings is 2. The average Bonchev–Trinajstić information content (AvgIpc) is 2.71. The summed E-state index contributed by atoms with van der Waals surface area (Å²) in [4.78, 5) is 22.0. The van der Waals surface area contributed by atoms with E-state index in [1.54, 1.807) is 0 Å². The van der Waals surface area contributed by atoms with Crippen molar-refractivity contribution in [3.63, 3.8) is 0 Å². The van der Waals surface area contributed by atoms with Crippen molar-refractivity contribution in [3.8, 4) is 5.75 Å². The van der Waals surface area contributed by atoms with Crippen LogP contribution in [0.25, 0.3) is 0 Å². The number of carbonyl (C=O) groups is 2.